The number of unbranched alkanes of at least 4 members (excludes halogenated alkanes) is 1. The lowest BCUT2D eigenvalue weighted by Gasteiger charge is -2.33. The fraction of sp³-hybridized carbons (Fsp3) is 0.381. The van der Waals surface area contributed by atoms with Gasteiger partial charge in [0, 0.05) is 25.1 Å². The van der Waals surface area contributed by atoms with E-state index in [0.29, 0.717) is 6.42 Å². The van der Waals surface area contributed by atoms with Crippen molar-refractivity contribution in [3.8, 4) is 0 Å². The van der Waals surface area contributed by atoms with Crippen molar-refractivity contribution in [2.24, 2.45) is 0 Å². The molecule has 3 heteroatoms. The van der Waals surface area contributed by atoms with E-state index in [1.54, 1.807) is 0 Å². The third-order valence-electron chi connectivity index (χ3n) is 4.70. The molecule has 2 N–H and O–H groups in total. The number of carbonyl (C=O) groups is 1. The second-order valence-corrected chi connectivity index (χ2v) is 6.61. The van der Waals surface area contributed by atoms with Crippen LogP contribution in [0.25, 0.3) is 0 Å². The first-order valence-electron chi connectivity index (χ1n) is 8.93. The Bertz CT molecular complexity index is 709. The van der Waals surface area contributed by atoms with Gasteiger partial charge in [0.2, 0.25) is 0 Å². The Hall–Kier alpha value is -2.29. The van der Waals surface area contributed by atoms with Crippen LogP contribution in [-0.4, -0.2) is 12.3 Å². The highest BCUT2D eigenvalue weighted by molar-refractivity contribution is 5.98. The van der Waals surface area contributed by atoms with Crippen LogP contribution in [0.15, 0.2) is 42.5 Å². The molecule has 0 unspecified atom stereocenters. The molecule has 0 aromatic heterocycles. The number of nitrogens with zero attached hydrogens (tertiary/aromatic N) is 1. The van der Waals surface area contributed by atoms with Gasteiger partial charge in [-0.3, -0.25) is 4.79 Å². The van der Waals surface area contributed by atoms with E-state index in [4.69, 9.17) is 5.73 Å². The predicted molar refractivity (Wildman–Crippen MR) is 101 cm³/mol. The first-order chi connectivity index (χ1) is 11.7. The fourth-order valence-corrected chi connectivity index (χ4v) is 3.47. The number of rotatable bonds is 6. The molecule has 24 heavy (non-hydrogen) atoms. The topological polar surface area (TPSA) is 46.3 Å². The van der Waals surface area contributed by atoms with E-state index >= 15 is 0 Å². The van der Waals surface area contributed by atoms with Crippen molar-refractivity contribution in [3.63, 3.8) is 0 Å². The number of fused-ring (bicyclic) bond motifs is 1. The van der Waals surface area contributed by atoms with Gasteiger partial charge in [-0.2, -0.15) is 0 Å². The molecule has 0 saturated carbocycles. The van der Waals surface area contributed by atoms with E-state index in [9.17, 15) is 4.79 Å². The summed E-state index contributed by atoms with van der Waals surface area (Å²) in [6.45, 7) is 3.98. The molecule has 2 aromatic rings. The molecule has 0 radical (unpaired) electrons. The minimum Gasteiger partial charge on any atom is -0.397 e. The van der Waals surface area contributed by atoms with Crippen LogP contribution in [0.1, 0.15) is 54.1 Å². The maximum atomic E-state index is 12.3. The SMILES string of the molecule is CCCCC(=O)c1cc(N)c2c(c1)CCCN2Cc1ccccc1. The molecule has 1 aliphatic heterocycles. The van der Waals surface area contributed by atoms with Crippen LogP contribution in [0.3, 0.4) is 0 Å². The number of hydrogen-bond acceptors (Lipinski definition) is 3. The zero-order valence-electron chi connectivity index (χ0n) is 14.4. The van der Waals surface area contributed by atoms with Crippen molar-refractivity contribution < 1.29 is 4.79 Å². The van der Waals surface area contributed by atoms with Crippen LogP contribution in [-0.2, 0) is 13.0 Å². The van der Waals surface area contributed by atoms with E-state index < -0.39 is 0 Å². The number of carbonyl (C=O) groups excluding carboxylic acids is 1. The standard InChI is InChI=1S/C21H26N2O/c1-2-3-11-20(24)18-13-17-10-7-12-23(21(17)19(22)14-18)15-16-8-5-4-6-9-16/h4-6,8-9,13-14H,2-3,7,10-12,15,22H2,1H3. The summed E-state index contributed by atoms with van der Waals surface area (Å²) in [5, 5.41) is 0. The Labute approximate surface area is 144 Å². The van der Waals surface area contributed by atoms with Crippen molar-refractivity contribution in [1.29, 1.82) is 0 Å². The summed E-state index contributed by atoms with van der Waals surface area (Å²) in [6.07, 6.45) is 4.70. The summed E-state index contributed by atoms with van der Waals surface area (Å²) in [6, 6.07) is 14.4. The van der Waals surface area contributed by atoms with Gasteiger partial charge in [0.15, 0.2) is 5.78 Å². The number of aryl methyl sites for hydroxylation is 1. The maximum absolute atomic E-state index is 12.3. The average Bonchev–Trinajstić information content (AvgIpc) is 2.60. The molecular formula is C21H26N2O. The predicted octanol–water partition coefficient (Wildman–Crippen LogP) is 4.59. The van der Waals surface area contributed by atoms with Crippen molar-refractivity contribution in [2.75, 3.05) is 17.2 Å². The molecule has 3 rings (SSSR count). The Balaban J connectivity index is 1.86. The molecule has 0 aliphatic carbocycles. The van der Waals surface area contributed by atoms with Gasteiger partial charge in [-0.1, -0.05) is 43.7 Å². The lowest BCUT2D eigenvalue weighted by molar-refractivity contribution is 0.0979. The van der Waals surface area contributed by atoms with Gasteiger partial charge in [-0.25, -0.2) is 0 Å². The van der Waals surface area contributed by atoms with Crippen LogP contribution in [0, 0.1) is 0 Å². The number of ketones is 1. The number of nitrogen functional groups attached to an aromatic ring is 1. The van der Waals surface area contributed by atoms with Gasteiger partial charge in [0.05, 0.1) is 11.4 Å². The smallest absolute Gasteiger partial charge is 0.162 e. The van der Waals surface area contributed by atoms with Gasteiger partial charge in [0.25, 0.3) is 0 Å². The summed E-state index contributed by atoms with van der Waals surface area (Å²) < 4.78 is 0. The number of nitrogens with two attached hydrogens (primary N) is 1. The van der Waals surface area contributed by atoms with Gasteiger partial charge in [-0.05, 0) is 42.5 Å². The summed E-state index contributed by atoms with van der Waals surface area (Å²) in [7, 11) is 0. The molecule has 2 aromatic carbocycles. The molecule has 0 fully saturated rings. The number of benzene rings is 2. The van der Waals surface area contributed by atoms with Gasteiger partial charge in [-0.15, -0.1) is 0 Å². The lowest BCUT2D eigenvalue weighted by atomic mass is 9.94. The lowest BCUT2D eigenvalue weighted by Crippen LogP contribution is -2.30. The van der Waals surface area contributed by atoms with E-state index in [1.165, 1.54) is 11.1 Å². The summed E-state index contributed by atoms with van der Waals surface area (Å²) in [5.41, 5.74) is 11.5. The molecule has 126 valence electrons. The zero-order valence-corrected chi connectivity index (χ0v) is 14.4. The fourth-order valence-electron chi connectivity index (χ4n) is 3.47. The number of hydrogen-bond donors (Lipinski definition) is 1. The first kappa shape index (κ1) is 16.6. The van der Waals surface area contributed by atoms with Crippen LogP contribution in [0.2, 0.25) is 0 Å². The Morgan fingerprint density at radius 2 is 2.00 bits per heavy atom. The van der Waals surface area contributed by atoms with Gasteiger partial charge >= 0.3 is 0 Å². The highest BCUT2D eigenvalue weighted by Crippen LogP contribution is 2.35. The molecule has 0 saturated heterocycles. The third kappa shape index (κ3) is 3.61. The van der Waals surface area contributed by atoms with Crippen LogP contribution in [0.5, 0.6) is 0 Å². The maximum Gasteiger partial charge on any atom is 0.162 e. The molecule has 0 atom stereocenters. The molecule has 1 aliphatic rings. The quantitative estimate of drug-likeness (QED) is 0.625. The Kier molecular flexibility index (Phi) is 5.19. The molecule has 3 nitrogen and oxygen atoms in total. The molecule has 1 heterocycles. The van der Waals surface area contributed by atoms with Crippen molar-refractivity contribution in [3.05, 3.63) is 59.2 Å². The summed E-state index contributed by atoms with van der Waals surface area (Å²) in [4.78, 5) is 14.7. The third-order valence-corrected chi connectivity index (χ3v) is 4.70. The monoisotopic (exact) mass is 322 g/mol. The second-order valence-electron chi connectivity index (χ2n) is 6.61. The molecule has 0 spiro atoms. The molecule has 0 amide bonds. The van der Waals surface area contributed by atoms with E-state index in [1.807, 2.05) is 12.1 Å². The zero-order chi connectivity index (χ0) is 16.9. The van der Waals surface area contributed by atoms with E-state index in [-0.39, 0.29) is 5.78 Å². The Morgan fingerprint density at radius 1 is 1.21 bits per heavy atom. The van der Waals surface area contributed by atoms with Gasteiger partial charge < -0.3 is 10.6 Å². The highest BCUT2D eigenvalue weighted by Gasteiger charge is 2.21. The highest BCUT2D eigenvalue weighted by atomic mass is 16.1. The largest absolute Gasteiger partial charge is 0.397 e. The second kappa shape index (κ2) is 7.52. The minimum atomic E-state index is 0.214. The van der Waals surface area contributed by atoms with Crippen LogP contribution in [0.4, 0.5) is 11.4 Å². The average molecular weight is 322 g/mol. The summed E-state index contributed by atoms with van der Waals surface area (Å²) in [5.74, 6) is 0.214. The van der Waals surface area contributed by atoms with Crippen molar-refractivity contribution >= 4 is 17.2 Å². The number of anilines is 2. The summed E-state index contributed by atoms with van der Waals surface area (Å²) >= 11 is 0. The normalized spacial score (nSPS) is 13.6. The van der Waals surface area contributed by atoms with Crippen LogP contribution >= 0.6 is 0 Å². The Morgan fingerprint density at radius 3 is 2.75 bits per heavy atom. The first-order valence-corrected chi connectivity index (χ1v) is 8.93. The number of Topliss-reactive ketones (excluding diaryl/α,β-unsaturated/α-hetero) is 1. The molecule has 0 bridgehead atoms. The molecular weight excluding hydrogens is 296 g/mol. The van der Waals surface area contributed by atoms with E-state index in [2.05, 4.69) is 42.2 Å². The van der Waals surface area contributed by atoms with Crippen molar-refractivity contribution in [1.82, 2.24) is 0 Å². The van der Waals surface area contributed by atoms with Gasteiger partial charge in [0.1, 0.15) is 0 Å². The minimum absolute atomic E-state index is 0.214. The van der Waals surface area contributed by atoms with Crippen LogP contribution < -0.4 is 10.6 Å². The van der Waals surface area contributed by atoms with Crippen molar-refractivity contribution in [2.45, 2.75) is 45.6 Å². The van der Waals surface area contributed by atoms with E-state index in [0.717, 1.165) is 55.7 Å².